The first kappa shape index (κ1) is 23.6. The molecule has 0 saturated carbocycles. The summed E-state index contributed by atoms with van der Waals surface area (Å²) >= 11 is 0. The number of nitrogens with one attached hydrogen (secondary N) is 2. The number of hydrogen-bond acceptors (Lipinski definition) is 4. The molecule has 3 N–H and O–H groups in total. The summed E-state index contributed by atoms with van der Waals surface area (Å²) in [7, 11) is 0. The Morgan fingerprint density at radius 3 is 2.48 bits per heavy atom. The first-order valence-corrected chi connectivity index (χ1v) is 10.7. The van der Waals surface area contributed by atoms with Crippen LogP contribution < -0.4 is 5.32 Å². The summed E-state index contributed by atoms with van der Waals surface area (Å²) in [6, 6.07) is 16.4. The van der Waals surface area contributed by atoms with Gasteiger partial charge in [-0.15, -0.1) is 0 Å². The van der Waals surface area contributed by atoms with Gasteiger partial charge in [-0.25, -0.2) is 4.79 Å². The molecule has 0 unspecified atom stereocenters. The molecule has 6 nitrogen and oxygen atoms in total. The van der Waals surface area contributed by atoms with E-state index >= 15 is 0 Å². The Morgan fingerprint density at radius 2 is 1.76 bits per heavy atom. The van der Waals surface area contributed by atoms with Gasteiger partial charge in [0.25, 0.3) is 0 Å². The van der Waals surface area contributed by atoms with Crippen LogP contribution in [0, 0.1) is 19.3 Å². The van der Waals surface area contributed by atoms with Gasteiger partial charge in [-0.05, 0) is 79.3 Å². The zero-order valence-corrected chi connectivity index (χ0v) is 18.8. The van der Waals surface area contributed by atoms with E-state index in [0.29, 0.717) is 30.7 Å². The Labute approximate surface area is 193 Å². The molecule has 0 aliphatic heterocycles. The van der Waals surface area contributed by atoms with Crippen LogP contribution in [0.1, 0.15) is 44.0 Å². The van der Waals surface area contributed by atoms with Gasteiger partial charge < -0.3 is 15.8 Å². The molecule has 1 aromatic heterocycles. The predicted molar refractivity (Wildman–Crippen MR) is 130 cm³/mol. The fourth-order valence-corrected chi connectivity index (χ4v) is 3.57. The SMILES string of the molecule is C=CC(=O)Nc1ccccc1CCc1nc(C(=N)Cc2cc(C(=O)O)ccc2C)ccc1C. The Balaban J connectivity index is 1.77. The standard InChI is InChI=1S/C27H27N3O3/c1-4-26(31)30-24-8-6-5-7-19(24)12-14-23-18(3)10-13-25(29-23)22(28)16-21-15-20(27(32)33)11-9-17(21)2/h4-11,13,15,28H,1,12,14,16H2,2-3H3,(H,30,31)(H,32,33). The number of benzene rings is 2. The molecule has 33 heavy (non-hydrogen) atoms. The van der Waals surface area contributed by atoms with Gasteiger partial charge in [-0.3, -0.25) is 9.78 Å². The van der Waals surface area contributed by atoms with Crippen LogP contribution in [0.25, 0.3) is 0 Å². The molecule has 1 heterocycles. The van der Waals surface area contributed by atoms with Gasteiger partial charge in [-0.1, -0.05) is 36.9 Å². The average Bonchev–Trinajstić information content (AvgIpc) is 2.80. The number of carboxylic acids is 1. The molecule has 6 heteroatoms. The quantitative estimate of drug-likeness (QED) is 0.324. The van der Waals surface area contributed by atoms with Crippen LogP contribution in [0.4, 0.5) is 5.69 Å². The van der Waals surface area contributed by atoms with Crippen LogP contribution in [0.2, 0.25) is 0 Å². The number of carboxylic acid groups (broad SMARTS) is 1. The highest BCUT2D eigenvalue weighted by molar-refractivity contribution is 5.99. The molecule has 168 valence electrons. The lowest BCUT2D eigenvalue weighted by atomic mass is 9.98. The largest absolute Gasteiger partial charge is 0.478 e. The Morgan fingerprint density at radius 1 is 1.03 bits per heavy atom. The van der Waals surface area contributed by atoms with Crippen molar-refractivity contribution in [3.8, 4) is 0 Å². The van der Waals surface area contributed by atoms with Crippen molar-refractivity contribution in [3.63, 3.8) is 0 Å². The fourth-order valence-electron chi connectivity index (χ4n) is 3.57. The van der Waals surface area contributed by atoms with Crippen LogP contribution in [-0.2, 0) is 24.1 Å². The van der Waals surface area contributed by atoms with E-state index in [-0.39, 0.29) is 11.5 Å². The fraction of sp³-hybridized carbons (Fsp3) is 0.185. The van der Waals surface area contributed by atoms with Gasteiger partial charge in [0.2, 0.25) is 5.91 Å². The zero-order chi connectivity index (χ0) is 24.0. The summed E-state index contributed by atoms with van der Waals surface area (Å²) < 4.78 is 0. The van der Waals surface area contributed by atoms with Gasteiger partial charge in [0.15, 0.2) is 0 Å². The second-order valence-electron chi connectivity index (χ2n) is 7.91. The van der Waals surface area contributed by atoms with E-state index in [1.807, 2.05) is 50.2 Å². The number of carbonyl (C=O) groups is 2. The zero-order valence-electron chi connectivity index (χ0n) is 18.8. The Hall–Kier alpha value is -4.06. The maximum absolute atomic E-state index is 11.7. The van der Waals surface area contributed by atoms with E-state index in [2.05, 4.69) is 11.9 Å². The van der Waals surface area contributed by atoms with Crippen LogP contribution >= 0.6 is 0 Å². The smallest absolute Gasteiger partial charge is 0.335 e. The molecule has 0 bridgehead atoms. The molecule has 0 spiro atoms. The third kappa shape index (κ3) is 6.01. The summed E-state index contributed by atoms with van der Waals surface area (Å²) in [6.07, 6.45) is 2.88. The number of anilines is 1. The second-order valence-corrected chi connectivity index (χ2v) is 7.91. The summed E-state index contributed by atoms with van der Waals surface area (Å²) in [5.41, 5.74) is 6.52. The van der Waals surface area contributed by atoms with Crippen molar-refractivity contribution >= 4 is 23.3 Å². The van der Waals surface area contributed by atoms with Crippen LogP contribution in [0.5, 0.6) is 0 Å². The summed E-state index contributed by atoms with van der Waals surface area (Å²) in [6.45, 7) is 7.39. The maximum atomic E-state index is 11.7. The van der Waals surface area contributed by atoms with Crippen LogP contribution in [0.3, 0.4) is 0 Å². The van der Waals surface area contributed by atoms with E-state index in [0.717, 1.165) is 33.6 Å². The van der Waals surface area contributed by atoms with Crippen molar-refractivity contribution in [2.45, 2.75) is 33.1 Å². The van der Waals surface area contributed by atoms with Crippen molar-refractivity contribution < 1.29 is 14.7 Å². The number of aromatic carboxylic acids is 1. The number of pyridine rings is 1. The summed E-state index contributed by atoms with van der Waals surface area (Å²) in [5.74, 6) is -1.24. The molecule has 0 atom stereocenters. The molecule has 2 aromatic carbocycles. The van der Waals surface area contributed by atoms with Crippen molar-refractivity contribution in [3.05, 3.63) is 106 Å². The van der Waals surface area contributed by atoms with Crippen molar-refractivity contribution in [2.24, 2.45) is 0 Å². The highest BCUT2D eigenvalue weighted by Crippen LogP contribution is 2.20. The lowest BCUT2D eigenvalue weighted by Gasteiger charge is -2.13. The van der Waals surface area contributed by atoms with Crippen molar-refractivity contribution in [2.75, 3.05) is 5.32 Å². The van der Waals surface area contributed by atoms with E-state index < -0.39 is 5.97 Å². The lowest BCUT2D eigenvalue weighted by molar-refractivity contribution is -0.111. The summed E-state index contributed by atoms with van der Waals surface area (Å²) in [4.78, 5) is 27.7. The first-order valence-electron chi connectivity index (χ1n) is 10.7. The number of hydrogen-bond donors (Lipinski definition) is 3. The number of rotatable bonds is 9. The van der Waals surface area contributed by atoms with Crippen LogP contribution in [-0.4, -0.2) is 27.7 Å². The predicted octanol–water partition coefficient (Wildman–Crippen LogP) is 4.92. The topological polar surface area (TPSA) is 103 Å². The number of nitrogens with zero attached hydrogens (tertiary/aromatic N) is 1. The molecule has 1 amide bonds. The molecule has 0 aliphatic carbocycles. The van der Waals surface area contributed by atoms with Gasteiger partial charge in [-0.2, -0.15) is 0 Å². The molecular formula is C27H27N3O3. The molecule has 0 radical (unpaired) electrons. The minimum absolute atomic E-state index is 0.211. The molecule has 0 saturated heterocycles. The van der Waals surface area contributed by atoms with Gasteiger partial charge >= 0.3 is 5.97 Å². The van der Waals surface area contributed by atoms with Gasteiger partial charge in [0, 0.05) is 17.8 Å². The maximum Gasteiger partial charge on any atom is 0.335 e. The average molecular weight is 442 g/mol. The molecule has 3 aromatic rings. The Kier molecular flexibility index (Phi) is 7.51. The molecule has 0 aliphatic rings. The van der Waals surface area contributed by atoms with E-state index in [1.54, 1.807) is 18.2 Å². The number of carbonyl (C=O) groups excluding carboxylic acids is 1. The number of amides is 1. The lowest BCUT2D eigenvalue weighted by Crippen LogP contribution is -2.12. The van der Waals surface area contributed by atoms with E-state index in [1.165, 1.54) is 6.08 Å². The highest BCUT2D eigenvalue weighted by Gasteiger charge is 2.13. The second kappa shape index (κ2) is 10.5. The minimum Gasteiger partial charge on any atom is -0.478 e. The first-order chi connectivity index (χ1) is 15.8. The number of aromatic nitrogens is 1. The normalized spacial score (nSPS) is 10.5. The molecule has 0 fully saturated rings. The van der Waals surface area contributed by atoms with Crippen LogP contribution in [0.15, 0.2) is 67.3 Å². The molecular weight excluding hydrogens is 414 g/mol. The number of para-hydroxylation sites is 1. The minimum atomic E-state index is -0.983. The highest BCUT2D eigenvalue weighted by atomic mass is 16.4. The van der Waals surface area contributed by atoms with E-state index in [9.17, 15) is 14.7 Å². The van der Waals surface area contributed by atoms with Gasteiger partial charge in [0.05, 0.1) is 17.0 Å². The van der Waals surface area contributed by atoms with Gasteiger partial charge in [0.1, 0.15) is 0 Å². The molecule has 3 rings (SSSR count). The third-order valence-electron chi connectivity index (χ3n) is 5.57. The number of aryl methyl sites for hydroxylation is 4. The van der Waals surface area contributed by atoms with E-state index in [4.69, 9.17) is 10.4 Å². The monoisotopic (exact) mass is 441 g/mol. The van der Waals surface area contributed by atoms with Crippen molar-refractivity contribution in [1.29, 1.82) is 5.41 Å². The Bertz CT molecular complexity index is 1230. The van der Waals surface area contributed by atoms with Crippen molar-refractivity contribution in [1.82, 2.24) is 4.98 Å². The third-order valence-corrected chi connectivity index (χ3v) is 5.57. The summed E-state index contributed by atoms with van der Waals surface area (Å²) in [5, 5.41) is 20.7.